The minimum Gasteiger partial charge on any atom is -0.482 e. The molecule has 0 saturated carbocycles. The molecule has 3 nitrogen and oxygen atoms in total. The molecule has 0 bridgehead atoms. The van der Waals surface area contributed by atoms with Crippen molar-refractivity contribution in [3.05, 3.63) is 29.8 Å². The fraction of sp³-hybridized carbons (Fsp3) is 0.462. The monoisotopic (exact) mass is 222 g/mol. The zero-order valence-electron chi connectivity index (χ0n) is 10.0. The minimum absolute atomic E-state index is 0.0324. The van der Waals surface area contributed by atoms with Crippen molar-refractivity contribution >= 4 is 5.97 Å². The Hall–Kier alpha value is -1.51. The summed E-state index contributed by atoms with van der Waals surface area (Å²) in [5, 5.41) is 0. The molecule has 0 heterocycles. The van der Waals surface area contributed by atoms with Gasteiger partial charge in [-0.05, 0) is 30.5 Å². The molecule has 88 valence electrons. The summed E-state index contributed by atoms with van der Waals surface area (Å²) in [5.74, 6) is 0.822. The van der Waals surface area contributed by atoms with Crippen LogP contribution >= 0.6 is 0 Å². The van der Waals surface area contributed by atoms with Crippen molar-refractivity contribution < 1.29 is 14.3 Å². The van der Waals surface area contributed by atoms with Crippen LogP contribution < -0.4 is 4.74 Å². The summed E-state index contributed by atoms with van der Waals surface area (Å²) in [4.78, 5) is 11.1. The molecular formula is C13H18O3. The van der Waals surface area contributed by atoms with Crippen LogP contribution in [0.4, 0.5) is 0 Å². The van der Waals surface area contributed by atoms with Crippen molar-refractivity contribution in [1.82, 2.24) is 0 Å². The zero-order valence-corrected chi connectivity index (χ0v) is 10.0. The Balaban J connectivity index is 2.54. The number of hydrogen-bond acceptors (Lipinski definition) is 3. The second kappa shape index (κ2) is 6.16. The quantitative estimate of drug-likeness (QED) is 0.719. The molecule has 0 amide bonds. The maximum absolute atomic E-state index is 11.1. The first-order valence-electron chi connectivity index (χ1n) is 5.52. The predicted molar refractivity (Wildman–Crippen MR) is 62.7 cm³/mol. The van der Waals surface area contributed by atoms with E-state index in [-0.39, 0.29) is 12.6 Å². The highest BCUT2D eigenvalue weighted by molar-refractivity contribution is 5.71. The summed E-state index contributed by atoms with van der Waals surface area (Å²) in [6, 6.07) is 7.76. The Bertz CT molecular complexity index is 345. The van der Waals surface area contributed by atoms with Gasteiger partial charge in [-0.1, -0.05) is 26.0 Å². The maximum Gasteiger partial charge on any atom is 0.344 e. The van der Waals surface area contributed by atoms with Gasteiger partial charge in [0.1, 0.15) is 5.75 Å². The molecule has 1 aromatic carbocycles. The van der Waals surface area contributed by atoms with Crippen LogP contribution in [0.15, 0.2) is 24.3 Å². The average molecular weight is 222 g/mol. The first kappa shape index (κ1) is 12.6. The third-order valence-corrected chi connectivity index (χ3v) is 2.19. The van der Waals surface area contributed by atoms with Crippen molar-refractivity contribution in [3.8, 4) is 5.75 Å². The van der Waals surface area contributed by atoms with Crippen molar-refractivity contribution in [2.75, 3.05) is 13.2 Å². The maximum atomic E-state index is 11.1. The predicted octanol–water partition coefficient (Wildman–Crippen LogP) is 2.75. The van der Waals surface area contributed by atoms with Crippen molar-refractivity contribution in [2.45, 2.75) is 26.7 Å². The van der Waals surface area contributed by atoms with Crippen LogP contribution in [0.5, 0.6) is 5.75 Å². The normalized spacial score (nSPS) is 10.2. The lowest BCUT2D eigenvalue weighted by molar-refractivity contribution is -0.145. The number of ether oxygens (including phenoxy) is 2. The molecule has 0 aliphatic carbocycles. The Kier molecular flexibility index (Phi) is 4.83. The smallest absolute Gasteiger partial charge is 0.344 e. The van der Waals surface area contributed by atoms with Gasteiger partial charge in [-0.3, -0.25) is 0 Å². The van der Waals surface area contributed by atoms with E-state index in [2.05, 4.69) is 13.8 Å². The van der Waals surface area contributed by atoms with E-state index < -0.39 is 0 Å². The second-order valence-electron chi connectivity index (χ2n) is 3.82. The minimum atomic E-state index is -0.336. The van der Waals surface area contributed by atoms with E-state index >= 15 is 0 Å². The highest BCUT2D eigenvalue weighted by atomic mass is 16.6. The summed E-state index contributed by atoms with van der Waals surface area (Å²) in [5.41, 5.74) is 1.20. The first-order valence-corrected chi connectivity index (χ1v) is 5.52. The van der Waals surface area contributed by atoms with Crippen LogP contribution in [-0.4, -0.2) is 19.2 Å². The topological polar surface area (TPSA) is 35.5 Å². The van der Waals surface area contributed by atoms with Gasteiger partial charge in [0.15, 0.2) is 6.61 Å². The van der Waals surface area contributed by atoms with Crippen LogP contribution in [0.2, 0.25) is 0 Å². The van der Waals surface area contributed by atoms with Crippen LogP contribution in [0.1, 0.15) is 32.3 Å². The summed E-state index contributed by atoms with van der Waals surface area (Å²) >= 11 is 0. The Morgan fingerprint density at radius 2 is 2.12 bits per heavy atom. The van der Waals surface area contributed by atoms with Gasteiger partial charge in [0.25, 0.3) is 0 Å². The highest BCUT2D eigenvalue weighted by Gasteiger charge is 2.04. The van der Waals surface area contributed by atoms with E-state index in [4.69, 9.17) is 9.47 Å². The average Bonchev–Trinajstić information content (AvgIpc) is 2.27. The molecule has 0 unspecified atom stereocenters. The molecule has 0 aromatic heterocycles. The lowest BCUT2D eigenvalue weighted by Gasteiger charge is -2.09. The molecule has 0 aliphatic rings. The van der Waals surface area contributed by atoms with Gasteiger partial charge in [-0.25, -0.2) is 4.79 Å². The molecule has 0 radical (unpaired) electrons. The number of carbonyl (C=O) groups excluding carboxylic acids is 1. The number of hydrogen-bond donors (Lipinski definition) is 0. The second-order valence-corrected chi connectivity index (χ2v) is 3.82. The molecule has 0 spiro atoms. The Morgan fingerprint density at radius 1 is 1.38 bits per heavy atom. The van der Waals surface area contributed by atoms with Gasteiger partial charge < -0.3 is 9.47 Å². The van der Waals surface area contributed by atoms with E-state index in [0.717, 1.165) is 0 Å². The Morgan fingerprint density at radius 3 is 2.75 bits per heavy atom. The molecule has 1 rings (SSSR count). The summed E-state index contributed by atoms with van der Waals surface area (Å²) in [7, 11) is 0. The Labute approximate surface area is 96.4 Å². The van der Waals surface area contributed by atoms with Crippen LogP contribution in [-0.2, 0) is 9.53 Å². The third-order valence-electron chi connectivity index (χ3n) is 2.19. The molecule has 0 saturated heterocycles. The fourth-order valence-corrected chi connectivity index (χ4v) is 1.31. The van der Waals surface area contributed by atoms with Gasteiger partial charge in [-0.15, -0.1) is 0 Å². The van der Waals surface area contributed by atoms with Gasteiger partial charge in [0.05, 0.1) is 6.61 Å². The van der Waals surface area contributed by atoms with Gasteiger partial charge in [0.2, 0.25) is 0 Å². The molecular weight excluding hydrogens is 204 g/mol. The van der Waals surface area contributed by atoms with Crippen molar-refractivity contribution in [3.63, 3.8) is 0 Å². The fourth-order valence-electron chi connectivity index (χ4n) is 1.31. The van der Waals surface area contributed by atoms with Gasteiger partial charge in [-0.2, -0.15) is 0 Å². The zero-order chi connectivity index (χ0) is 12.0. The number of carbonyl (C=O) groups is 1. The van der Waals surface area contributed by atoms with E-state index in [0.29, 0.717) is 18.3 Å². The van der Waals surface area contributed by atoms with Gasteiger partial charge >= 0.3 is 5.97 Å². The molecule has 0 aliphatic heterocycles. The van der Waals surface area contributed by atoms with Crippen molar-refractivity contribution in [2.24, 2.45) is 0 Å². The van der Waals surface area contributed by atoms with Crippen molar-refractivity contribution in [1.29, 1.82) is 0 Å². The van der Waals surface area contributed by atoms with E-state index in [9.17, 15) is 4.79 Å². The lowest BCUT2D eigenvalue weighted by atomic mass is 10.0. The summed E-state index contributed by atoms with van der Waals surface area (Å²) < 4.78 is 10.1. The van der Waals surface area contributed by atoms with Crippen LogP contribution in [0, 0.1) is 0 Å². The number of benzene rings is 1. The van der Waals surface area contributed by atoms with E-state index in [1.165, 1.54) is 5.56 Å². The summed E-state index contributed by atoms with van der Waals surface area (Å²) in [6.07, 6.45) is 0. The highest BCUT2D eigenvalue weighted by Crippen LogP contribution is 2.19. The van der Waals surface area contributed by atoms with E-state index in [1.54, 1.807) is 6.92 Å². The molecule has 3 heteroatoms. The largest absolute Gasteiger partial charge is 0.482 e. The SMILES string of the molecule is CCOC(=O)COc1cccc(C(C)C)c1. The van der Waals surface area contributed by atoms with E-state index in [1.807, 2.05) is 24.3 Å². The third kappa shape index (κ3) is 3.93. The molecule has 0 atom stereocenters. The van der Waals surface area contributed by atoms with Crippen LogP contribution in [0.25, 0.3) is 0 Å². The molecule has 1 aromatic rings. The lowest BCUT2D eigenvalue weighted by Crippen LogP contribution is -2.14. The standard InChI is InChI=1S/C13H18O3/c1-4-15-13(14)9-16-12-7-5-6-11(8-12)10(2)3/h5-8,10H,4,9H2,1-3H3. The molecule has 16 heavy (non-hydrogen) atoms. The first-order chi connectivity index (χ1) is 7.63. The number of rotatable bonds is 5. The molecule has 0 fully saturated rings. The number of esters is 1. The summed E-state index contributed by atoms with van der Waals surface area (Å²) in [6.45, 7) is 6.36. The van der Waals surface area contributed by atoms with Gasteiger partial charge in [0, 0.05) is 0 Å². The molecule has 0 N–H and O–H groups in total. The van der Waals surface area contributed by atoms with Crippen LogP contribution in [0.3, 0.4) is 0 Å².